The normalized spacial score (nSPS) is 11.3. The Hall–Kier alpha value is -2.52. The van der Waals surface area contributed by atoms with E-state index in [9.17, 15) is 4.79 Å². The molecule has 5 nitrogen and oxygen atoms in total. The van der Waals surface area contributed by atoms with Crippen molar-refractivity contribution in [3.63, 3.8) is 0 Å². The molecule has 0 radical (unpaired) electrons. The maximum Gasteiger partial charge on any atom is 0.324 e. The molecule has 1 heterocycles. The molecule has 0 saturated carbocycles. The van der Waals surface area contributed by atoms with Gasteiger partial charge in [-0.2, -0.15) is 5.26 Å². The van der Waals surface area contributed by atoms with Gasteiger partial charge in [0.2, 0.25) is 0 Å². The van der Waals surface area contributed by atoms with Crippen LogP contribution in [-0.2, 0) is 0 Å². The number of nitrogens with zero attached hydrogens (tertiary/aromatic N) is 2. The van der Waals surface area contributed by atoms with Crippen LogP contribution in [0.15, 0.2) is 53.6 Å². The average molecular weight is 312 g/mol. The van der Waals surface area contributed by atoms with E-state index >= 15 is 0 Å². The molecule has 2 aromatic rings. The predicted molar refractivity (Wildman–Crippen MR) is 88.9 cm³/mol. The first-order valence-electron chi connectivity index (χ1n) is 6.80. The summed E-state index contributed by atoms with van der Waals surface area (Å²) in [4.78, 5) is 17.0. The number of thioether (sulfide) groups is 1. The lowest BCUT2D eigenvalue weighted by atomic mass is 10.3. The lowest BCUT2D eigenvalue weighted by Crippen LogP contribution is -2.20. The Labute approximate surface area is 133 Å². The highest BCUT2D eigenvalue weighted by Gasteiger charge is 2.10. The Morgan fingerprint density at radius 3 is 2.77 bits per heavy atom. The van der Waals surface area contributed by atoms with E-state index < -0.39 is 0 Å². The van der Waals surface area contributed by atoms with Gasteiger partial charge in [-0.1, -0.05) is 25.1 Å². The summed E-state index contributed by atoms with van der Waals surface area (Å²) >= 11 is 1.56. The second-order valence-electron chi connectivity index (χ2n) is 4.58. The number of carbonyl (C=O) groups is 1. The Bertz CT molecular complexity index is 669. The van der Waals surface area contributed by atoms with E-state index in [0.717, 1.165) is 4.90 Å². The van der Waals surface area contributed by atoms with Gasteiger partial charge < -0.3 is 5.32 Å². The topological polar surface area (TPSA) is 77.8 Å². The van der Waals surface area contributed by atoms with Crippen molar-refractivity contribution < 1.29 is 4.79 Å². The van der Waals surface area contributed by atoms with Crippen LogP contribution >= 0.6 is 11.8 Å². The summed E-state index contributed by atoms with van der Waals surface area (Å²) in [5.41, 5.74) is 0.714. The highest BCUT2D eigenvalue weighted by Crippen LogP contribution is 2.31. The van der Waals surface area contributed by atoms with Gasteiger partial charge in [0, 0.05) is 22.8 Å². The van der Waals surface area contributed by atoms with E-state index in [4.69, 9.17) is 5.26 Å². The number of nitriles is 1. The molecule has 2 rings (SSSR count). The summed E-state index contributed by atoms with van der Waals surface area (Å²) in [5, 5.41) is 14.4. The summed E-state index contributed by atoms with van der Waals surface area (Å²) < 4.78 is 0. The number of amides is 2. The van der Waals surface area contributed by atoms with Gasteiger partial charge in [-0.3, -0.25) is 5.32 Å². The largest absolute Gasteiger partial charge is 0.324 e. The van der Waals surface area contributed by atoms with E-state index in [1.54, 1.807) is 36.2 Å². The molecule has 2 amide bonds. The molecule has 112 valence electrons. The third kappa shape index (κ3) is 4.79. The van der Waals surface area contributed by atoms with Crippen LogP contribution in [-0.4, -0.2) is 16.3 Å². The molecule has 0 fully saturated rings. The fourth-order valence-corrected chi connectivity index (χ4v) is 2.76. The first-order valence-corrected chi connectivity index (χ1v) is 7.68. The lowest BCUT2D eigenvalue weighted by molar-refractivity contribution is 0.262. The molecule has 6 heteroatoms. The SMILES string of the molecule is CC(CC#N)Sc1ccccc1NC(=O)Nc1ccccn1. The third-order valence-electron chi connectivity index (χ3n) is 2.75. The molecule has 1 aromatic carbocycles. The number of carbonyl (C=O) groups excluding carboxylic acids is 1. The van der Waals surface area contributed by atoms with Crippen molar-refractivity contribution in [3.8, 4) is 6.07 Å². The molecule has 0 aliphatic carbocycles. The molecule has 1 unspecified atom stereocenters. The lowest BCUT2D eigenvalue weighted by Gasteiger charge is -2.13. The van der Waals surface area contributed by atoms with E-state index in [0.29, 0.717) is 17.9 Å². The van der Waals surface area contributed by atoms with E-state index in [1.165, 1.54) is 0 Å². The van der Waals surface area contributed by atoms with E-state index in [1.807, 2.05) is 31.2 Å². The number of anilines is 2. The van der Waals surface area contributed by atoms with Gasteiger partial charge >= 0.3 is 6.03 Å². The number of pyridine rings is 1. The van der Waals surface area contributed by atoms with Gasteiger partial charge in [-0.15, -0.1) is 11.8 Å². The minimum absolute atomic E-state index is 0.159. The van der Waals surface area contributed by atoms with Gasteiger partial charge in [0.25, 0.3) is 0 Å². The molecule has 22 heavy (non-hydrogen) atoms. The number of hydrogen-bond donors (Lipinski definition) is 2. The van der Waals surface area contributed by atoms with Crippen molar-refractivity contribution in [2.75, 3.05) is 10.6 Å². The predicted octanol–water partition coefficient (Wildman–Crippen LogP) is 4.12. The number of aromatic nitrogens is 1. The minimum atomic E-state index is -0.348. The number of urea groups is 1. The standard InChI is InChI=1S/C16H16N4OS/c1-12(9-10-17)22-14-7-3-2-6-13(14)19-16(21)20-15-8-4-5-11-18-15/h2-8,11-12H,9H2,1H3,(H2,18,19,20,21). The molecule has 0 spiro atoms. The van der Waals surface area contributed by atoms with E-state index in [2.05, 4.69) is 21.7 Å². The minimum Gasteiger partial charge on any atom is -0.307 e. The molecule has 1 aromatic heterocycles. The van der Waals surface area contributed by atoms with Gasteiger partial charge in [0.1, 0.15) is 5.82 Å². The van der Waals surface area contributed by atoms with Crippen LogP contribution in [0.3, 0.4) is 0 Å². The summed E-state index contributed by atoms with van der Waals surface area (Å²) in [5.74, 6) is 0.489. The van der Waals surface area contributed by atoms with Gasteiger partial charge in [0.05, 0.1) is 11.8 Å². The third-order valence-corrected chi connectivity index (χ3v) is 3.93. The first kappa shape index (κ1) is 15.9. The van der Waals surface area contributed by atoms with Crippen molar-refractivity contribution >= 4 is 29.3 Å². The van der Waals surface area contributed by atoms with Crippen LogP contribution in [0.4, 0.5) is 16.3 Å². The van der Waals surface area contributed by atoms with Gasteiger partial charge in [-0.05, 0) is 24.3 Å². The highest BCUT2D eigenvalue weighted by molar-refractivity contribution is 8.00. The Morgan fingerprint density at radius 2 is 2.05 bits per heavy atom. The number of nitrogens with one attached hydrogen (secondary N) is 2. The maximum atomic E-state index is 12.0. The van der Waals surface area contributed by atoms with Crippen LogP contribution in [0.2, 0.25) is 0 Å². The Morgan fingerprint density at radius 1 is 1.27 bits per heavy atom. The van der Waals surface area contributed by atoms with Crippen molar-refractivity contribution in [1.82, 2.24) is 4.98 Å². The molecular formula is C16H16N4OS. The van der Waals surface area contributed by atoms with Crippen molar-refractivity contribution in [3.05, 3.63) is 48.7 Å². The molecule has 2 N–H and O–H groups in total. The maximum absolute atomic E-state index is 12.0. The fourth-order valence-electron chi connectivity index (χ4n) is 1.77. The summed E-state index contributed by atoms with van der Waals surface area (Å²) in [7, 11) is 0. The van der Waals surface area contributed by atoms with Crippen molar-refractivity contribution in [2.45, 2.75) is 23.5 Å². The zero-order chi connectivity index (χ0) is 15.8. The van der Waals surface area contributed by atoms with Crippen LogP contribution in [0.25, 0.3) is 0 Å². The number of benzene rings is 1. The summed E-state index contributed by atoms with van der Waals surface area (Å²) in [6, 6.07) is 14.6. The van der Waals surface area contributed by atoms with Gasteiger partial charge in [-0.25, -0.2) is 9.78 Å². The van der Waals surface area contributed by atoms with E-state index in [-0.39, 0.29) is 11.3 Å². The van der Waals surface area contributed by atoms with Gasteiger partial charge in [0.15, 0.2) is 0 Å². The zero-order valence-electron chi connectivity index (χ0n) is 12.1. The Kier molecular flexibility index (Phi) is 5.81. The first-order chi connectivity index (χ1) is 10.7. The van der Waals surface area contributed by atoms with Crippen LogP contribution < -0.4 is 10.6 Å². The monoisotopic (exact) mass is 312 g/mol. The average Bonchev–Trinajstić information content (AvgIpc) is 2.50. The molecule has 0 bridgehead atoms. The number of rotatable bonds is 5. The van der Waals surface area contributed by atoms with Crippen LogP contribution in [0.1, 0.15) is 13.3 Å². The van der Waals surface area contributed by atoms with Crippen LogP contribution in [0, 0.1) is 11.3 Å². The Balaban J connectivity index is 2.03. The van der Waals surface area contributed by atoms with Crippen molar-refractivity contribution in [1.29, 1.82) is 5.26 Å². The molecule has 0 aliphatic rings. The van der Waals surface area contributed by atoms with Crippen molar-refractivity contribution in [2.24, 2.45) is 0 Å². The highest BCUT2D eigenvalue weighted by atomic mass is 32.2. The molecule has 0 aliphatic heterocycles. The number of hydrogen-bond acceptors (Lipinski definition) is 4. The second kappa shape index (κ2) is 8.05. The molecule has 1 atom stereocenters. The zero-order valence-corrected chi connectivity index (χ0v) is 12.9. The quantitative estimate of drug-likeness (QED) is 0.814. The number of para-hydroxylation sites is 1. The molecular weight excluding hydrogens is 296 g/mol. The summed E-state index contributed by atoms with van der Waals surface area (Å²) in [6.45, 7) is 1.98. The summed E-state index contributed by atoms with van der Waals surface area (Å²) in [6.07, 6.45) is 2.07. The fraction of sp³-hybridized carbons (Fsp3) is 0.188. The van der Waals surface area contributed by atoms with Crippen LogP contribution in [0.5, 0.6) is 0 Å². The second-order valence-corrected chi connectivity index (χ2v) is 6.06. The smallest absolute Gasteiger partial charge is 0.307 e. The molecule has 0 saturated heterocycles.